The minimum Gasteiger partial charge on any atom is -0.394 e. The van der Waals surface area contributed by atoms with Gasteiger partial charge in [-0.15, -0.1) is 0 Å². The Morgan fingerprint density at radius 2 is 1.45 bits per heavy atom. The number of carbonyl (C=O) groups excluding carboxylic acids is 4. The molecule has 0 bridgehead atoms. The third-order valence-electron chi connectivity index (χ3n) is 11.6. The minimum atomic E-state index is -1.73. The van der Waals surface area contributed by atoms with E-state index in [4.69, 9.17) is 18.9 Å². The molecule has 0 spiro atoms. The summed E-state index contributed by atoms with van der Waals surface area (Å²) in [5.74, 6) is -1.72. The predicted octanol–water partition coefficient (Wildman–Crippen LogP) is -0.984. The highest BCUT2D eigenvalue weighted by Crippen LogP contribution is 2.35. The van der Waals surface area contributed by atoms with Crippen LogP contribution in [-0.2, 0) is 33.3 Å². The Balaban J connectivity index is 1.45. The van der Waals surface area contributed by atoms with Crippen molar-refractivity contribution in [2.75, 3.05) is 13.2 Å². The third-order valence-corrected chi connectivity index (χ3v) is 11.6. The average Bonchev–Trinajstić information content (AvgIpc) is 3.48. The van der Waals surface area contributed by atoms with E-state index in [2.05, 4.69) is 29.8 Å². The quantitative estimate of drug-likeness (QED) is 0.0521. The van der Waals surface area contributed by atoms with Gasteiger partial charge in [-0.3, -0.25) is 24.6 Å². The summed E-state index contributed by atoms with van der Waals surface area (Å²) in [5, 5.41) is 83.0. The van der Waals surface area contributed by atoms with Crippen LogP contribution >= 0.6 is 0 Å². The van der Waals surface area contributed by atoms with Crippen molar-refractivity contribution in [3.63, 3.8) is 0 Å². The van der Waals surface area contributed by atoms with Crippen LogP contribution in [-0.4, -0.2) is 163 Å². The van der Waals surface area contributed by atoms with Crippen LogP contribution in [0.5, 0.6) is 0 Å². The number of aliphatic hydroxyl groups excluding tert-OH is 7. The van der Waals surface area contributed by atoms with Crippen LogP contribution in [0.2, 0.25) is 0 Å². The van der Waals surface area contributed by atoms with Gasteiger partial charge in [0, 0.05) is 19.9 Å². The van der Waals surface area contributed by atoms with E-state index in [1.54, 1.807) is 13.0 Å². The van der Waals surface area contributed by atoms with E-state index in [-0.39, 0.29) is 19.4 Å². The molecule has 4 aliphatic heterocycles. The molecule has 4 fully saturated rings. The predicted molar refractivity (Wildman–Crippen MR) is 204 cm³/mol. The molecule has 58 heavy (non-hydrogen) atoms. The van der Waals surface area contributed by atoms with Gasteiger partial charge in [0.15, 0.2) is 18.8 Å². The fraction of sp³-hybridized carbons (Fsp3) is 0.846. The molecule has 19 heteroatoms. The van der Waals surface area contributed by atoms with E-state index in [1.807, 2.05) is 0 Å². The Morgan fingerprint density at radius 1 is 0.845 bits per heavy atom. The van der Waals surface area contributed by atoms with Gasteiger partial charge < -0.3 is 65.3 Å². The monoisotopic (exact) mass is 830 g/mol. The van der Waals surface area contributed by atoms with Crippen molar-refractivity contribution in [1.82, 2.24) is 20.9 Å². The second kappa shape index (κ2) is 22.7. The topological polar surface area (TPSA) is 286 Å². The molecule has 4 aliphatic rings. The lowest BCUT2D eigenvalue weighted by molar-refractivity contribution is -0.346. The Morgan fingerprint density at radius 3 is 2.07 bits per heavy atom. The Bertz CT molecular complexity index is 1380. The van der Waals surface area contributed by atoms with Crippen LogP contribution in [0.3, 0.4) is 0 Å². The molecule has 4 rings (SSSR count). The molecule has 1 unspecified atom stereocenters. The lowest BCUT2D eigenvalue weighted by Crippen LogP contribution is -2.68. The van der Waals surface area contributed by atoms with Crippen LogP contribution in [0.15, 0.2) is 12.2 Å². The lowest BCUT2D eigenvalue weighted by atomic mass is 9.87. The normalized spacial score (nSPS) is 36.8. The van der Waals surface area contributed by atoms with Crippen molar-refractivity contribution >= 4 is 23.8 Å². The molecule has 16 atom stereocenters. The first-order valence-corrected chi connectivity index (χ1v) is 20.7. The minimum absolute atomic E-state index is 0.0368. The summed E-state index contributed by atoms with van der Waals surface area (Å²) < 4.78 is 23.9. The van der Waals surface area contributed by atoms with Gasteiger partial charge in [-0.25, -0.2) is 4.79 Å². The number of imide groups is 1. The number of urea groups is 1. The number of amides is 5. The van der Waals surface area contributed by atoms with E-state index < -0.39 is 122 Å². The van der Waals surface area contributed by atoms with Crippen molar-refractivity contribution in [1.29, 1.82) is 0 Å². The third kappa shape index (κ3) is 12.6. The second-order valence-electron chi connectivity index (χ2n) is 16.2. The highest BCUT2D eigenvalue weighted by atomic mass is 16.8. The number of carbonyl (C=O) groups is 4. The van der Waals surface area contributed by atoms with Gasteiger partial charge in [0.2, 0.25) is 17.7 Å². The highest BCUT2D eigenvalue weighted by molar-refractivity contribution is 5.96. The fourth-order valence-corrected chi connectivity index (χ4v) is 7.92. The number of allylic oxidation sites excluding steroid dienone is 1. The number of ether oxygens (including phenoxy) is 4. The van der Waals surface area contributed by atoms with Gasteiger partial charge in [0.25, 0.3) is 0 Å². The molecule has 0 aromatic heterocycles. The van der Waals surface area contributed by atoms with Gasteiger partial charge in [0.05, 0.1) is 18.8 Å². The molecule has 0 aromatic carbocycles. The average molecular weight is 831 g/mol. The molecule has 10 N–H and O–H groups in total. The van der Waals surface area contributed by atoms with E-state index in [1.165, 1.54) is 31.8 Å². The maximum absolute atomic E-state index is 13.2. The van der Waals surface area contributed by atoms with Crippen LogP contribution in [0.25, 0.3) is 0 Å². The molecule has 0 aromatic rings. The van der Waals surface area contributed by atoms with Crippen LogP contribution in [0.4, 0.5) is 4.79 Å². The van der Waals surface area contributed by atoms with Crippen molar-refractivity contribution in [2.45, 2.75) is 184 Å². The number of aliphatic hydroxyl groups is 7. The number of nitrogens with one attached hydrogen (secondary N) is 3. The van der Waals surface area contributed by atoms with E-state index in [0.717, 1.165) is 43.4 Å². The molecule has 0 radical (unpaired) electrons. The molecule has 0 aliphatic carbocycles. The van der Waals surface area contributed by atoms with E-state index >= 15 is 0 Å². The molecule has 0 saturated carbocycles. The molecular weight excluding hydrogens is 764 g/mol. The van der Waals surface area contributed by atoms with Crippen LogP contribution in [0, 0.1) is 11.8 Å². The summed E-state index contributed by atoms with van der Waals surface area (Å²) in [6.45, 7) is 6.46. The molecule has 4 saturated heterocycles. The summed E-state index contributed by atoms with van der Waals surface area (Å²) in [6.07, 6.45) is -5.55. The number of rotatable bonds is 20. The van der Waals surface area contributed by atoms with E-state index in [0.29, 0.717) is 6.42 Å². The Hall–Kier alpha value is -2.82. The maximum atomic E-state index is 13.2. The number of hydrogen-bond acceptors (Lipinski definition) is 15. The van der Waals surface area contributed by atoms with Crippen LogP contribution in [0.1, 0.15) is 98.3 Å². The van der Waals surface area contributed by atoms with Crippen LogP contribution < -0.4 is 16.0 Å². The summed E-state index contributed by atoms with van der Waals surface area (Å²) in [4.78, 5) is 50.5. The summed E-state index contributed by atoms with van der Waals surface area (Å²) in [5.41, 5.74) is 0. The molecule has 332 valence electrons. The first-order chi connectivity index (χ1) is 27.6. The second-order valence-corrected chi connectivity index (χ2v) is 16.2. The molecular formula is C39H66N4O15. The molecule has 19 nitrogen and oxygen atoms in total. The Kier molecular flexibility index (Phi) is 18.7. The lowest BCUT2D eigenvalue weighted by Gasteiger charge is -2.47. The SMILES string of the molecule is CCC(C)CCCCCCCC/C=C/C(=O)N[C@H]1[C@H](O[C@@H]2O[C@@H](CO)[C@H](O)[C@H](O)[C@H]2NC(C)=O)O[C@H](C[C@@H](C)[C@H]2O[C@@H](N3CCC(=O)NC3=O)[C@H](O)[C@@H]2O)[C@H](O)[C@@H]1O. The van der Waals surface area contributed by atoms with Gasteiger partial charge in [0.1, 0.15) is 54.8 Å². The largest absolute Gasteiger partial charge is 0.394 e. The first kappa shape index (κ1) is 47.9. The van der Waals surface area contributed by atoms with Crippen molar-refractivity contribution in [2.24, 2.45) is 11.8 Å². The summed E-state index contributed by atoms with van der Waals surface area (Å²) in [7, 11) is 0. The van der Waals surface area contributed by atoms with Gasteiger partial charge in [-0.1, -0.05) is 71.8 Å². The van der Waals surface area contributed by atoms with E-state index in [9.17, 15) is 54.9 Å². The van der Waals surface area contributed by atoms with Crippen molar-refractivity contribution < 1.29 is 73.9 Å². The summed E-state index contributed by atoms with van der Waals surface area (Å²) in [6, 6.07) is -3.65. The van der Waals surface area contributed by atoms with Crippen molar-refractivity contribution in [3.8, 4) is 0 Å². The zero-order valence-electron chi connectivity index (χ0n) is 33.9. The van der Waals surface area contributed by atoms with Gasteiger partial charge >= 0.3 is 6.03 Å². The zero-order valence-corrected chi connectivity index (χ0v) is 33.9. The molecule has 5 amide bonds. The number of nitrogens with zero attached hydrogens (tertiary/aromatic N) is 1. The fourth-order valence-electron chi connectivity index (χ4n) is 7.92. The standard InChI is InChI=1S/C39H66N4O15/c1-5-20(2)14-12-10-8-6-7-9-11-13-15-25(46)41-28-32(51)29(48)23(55-38(28)58-37-27(40-22(4)45)31(50)30(49)24(19-44)56-37)18-21(3)35-33(52)34(53)36(57-35)43-17-16-26(47)42-39(43)54/h13,15,20-21,23-24,27-38,44,48-53H,5-12,14,16-19H2,1-4H3,(H,40,45)(H,41,46)(H,42,47,54)/b15-13+/t20?,21-,23-,24+,27-,28-,29+,30+,31-,32-,33+,34-,35-,36-,37+,38+/m1/s1. The highest BCUT2D eigenvalue weighted by Gasteiger charge is 2.53. The number of hydrogen-bond donors (Lipinski definition) is 10. The summed E-state index contributed by atoms with van der Waals surface area (Å²) >= 11 is 0. The maximum Gasteiger partial charge on any atom is 0.326 e. The number of unbranched alkanes of at least 4 members (excludes halogenated alkanes) is 6. The van der Waals surface area contributed by atoms with Gasteiger partial charge in [-0.2, -0.15) is 0 Å². The van der Waals surface area contributed by atoms with Gasteiger partial charge in [-0.05, 0) is 37.2 Å². The smallest absolute Gasteiger partial charge is 0.326 e. The zero-order chi connectivity index (χ0) is 42.7. The Labute approximate surface area is 339 Å². The van der Waals surface area contributed by atoms with Crippen molar-refractivity contribution in [3.05, 3.63) is 12.2 Å². The molecule has 4 heterocycles. The first-order valence-electron chi connectivity index (χ1n) is 20.7.